The van der Waals surface area contributed by atoms with Gasteiger partial charge < -0.3 is 4.55 Å². The third-order valence-electron chi connectivity index (χ3n) is 0.585. The van der Waals surface area contributed by atoms with Gasteiger partial charge in [0.25, 0.3) is 0 Å². The van der Waals surface area contributed by atoms with E-state index < -0.39 is 10.4 Å². The van der Waals surface area contributed by atoms with Gasteiger partial charge in [0.2, 0.25) is 10.4 Å². The van der Waals surface area contributed by atoms with Crippen molar-refractivity contribution in [2.24, 2.45) is 11.5 Å². The van der Waals surface area contributed by atoms with Crippen LogP contribution in [0.4, 0.5) is 0 Å². The summed E-state index contributed by atoms with van der Waals surface area (Å²) in [6.07, 6.45) is 0. The van der Waals surface area contributed by atoms with Gasteiger partial charge in [-0.25, -0.2) is 8.42 Å². The minimum absolute atomic E-state index is 0.289. The van der Waals surface area contributed by atoms with E-state index >= 15 is 0 Å². The van der Waals surface area contributed by atoms with Crippen LogP contribution in [0, 0.1) is 0 Å². The Morgan fingerprint density at radius 1 is 1.58 bits per heavy atom. The fourth-order valence-corrected chi connectivity index (χ4v) is 0.204. The second kappa shape index (κ2) is 6.83. The molecule has 0 atom stereocenters. The van der Waals surface area contributed by atoms with E-state index in [2.05, 4.69) is 9.18 Å². The van der Waals surface area contributed by atoms with E-state index in [0.29, 0.717) is 0 Å². The van der Waals surface area contributed by atoms with Gasteiger partial charge in [0.15, 0.2) is 0 Å². The molecule has 12 heavy (non-hydrogen) atoms. The molecule has 0 bridgehead atoms. The summed E-state index contributed by atoms with van der Waals surface area (Å²) in [5, 5.41) is 0. The first-order chi connectivity index (χ1) is 5.33. The van der Waals surface area contributed by atoms with Crippen LogP contribution in [0.1, 0.15) is 6.92 Å². The molecule has 0 saturated carbocycles. The predicted octanol–water partition coefficient (Wildman–Crippen LogP) is -3.55. The first-order valence-corrected chi connectivity index (χ1v) is 4.30. The summed E-state index contributed by atoms with van der Waals surface area (Å²) < 4.78 is 31.0. The van der Waals surface area contributed by atoms with E-state index in [-0.39, 0.29) is 5.96 Å². The standard InChI is InChI=1S/C3H9N3.CH4O4S/c1-2-6-3(4)5;1-5-6(2,3)4/h2H2,1H3,(H4,4,5,6);1H3,(H,2,3,4). The Kier molecular flexibility index (Phi) is 7.80. The lowest BCUT2D eigenvalue weighted by atomic mass is 10.8. The second-order valence-corrected chi connectivity index (χ2v) is 2.71. The molecule has 0 rings (SSSR count). The largest absolute Gasteiger partial charge is 0.726 e. The van der Waals surface area contributed by atoms with Crippen molar-refractivity contribution in [3.63, 3.8) is 0 Å². The van der Waals surface area contributed by atoms with Crippen molar-refractivity contribution >= 4 is 16.4 Å². The molecule has 74 valence electrons. The lowest BCUT2D eigenvalue weighted by molar-refractivity contribution is -0.454. The zero-order chi connectivity index (χ0) is 10.2. The van der Waals surface area contributed by atoms with Crippen LogP contribution >= 0.6 is 0 Å². The maximum Gasteiger partial charge on any atom is 0.338 e. The van der Waals surface area contributed by atoms with Crippen molar-refractivity contribution in [3.8, 4) is 0 Å². The van der Waals surface area contributed by atoms with Crippen molar-refractivity contribution in [1.82, 2.24) is 0 Å². The lowest BCUT2D eigenvalue weighted by Crippen LogP contribution is -2.77. The summed E-state index contributed by atoms with van der Waals surface area (Å²) in [7, 11) is -3.60. The molecule has 0 aliphatic rings. The second-order valence-electron chi connectivity index (χ2n) is 1.56. The van der Waals surface area contributed by atoms with Gasteiger partial charge in [0.05, 0.1) is 13.7 Å². The van der Waals surface area contributed by atoms with Gasteiger partial charge in [-0.1, -0.05) is 0 Å². The molecular weight excluding hydrogens is 186 g/mol. The minimum atomic E-state index is -4.41. The maximum absolute atomic E-state index is 9.22. The summed E-state index contributed by atoms with van der Waals surface area (Å²) in [4.78, 5) is 2.68. The summed E-state index contributed by atoms with van der Waals surface area (Å²) in [6.45, 7) is 2.72. The van der Waals surface area contributed by atoms with Gasteiger partial charge in [-0.15, -0.1) is 0 Å². The van der Waals surface area contributed by atoms with E-state index in [0.717, 1.165) is 13.7 Å². The topological polar surface area (TPSA) is 132 Å². The van der Waals surface area contributed by atoms with Crippen LogP contribution in [-0.4, -0.2) is 32.6 Å². The molecule has 0 saturated heterocycles. The lowest BCUT2D eigenvalue weighted by Gasteiger charge is -1.98. The molecule has 0 aliphatic carbocycles. The average Bonchev–Trinajstić information content (AvgIpc) is 1.87. The van der Waals surface area contributed by atoms with Gasteiger partial charge in [0.1, 0.15) is 0 Å². The number of nitrogens with one attached hydrogen (secondary N) is 1. The number of guanidine groups is 1. The van der Waals surface area contributed by atoms with Crippen LogP contribution in [0.2, 0.25) is 0 Å². The van der Waals surface area contributed by atoms with Crippen molar-refractivity contribution < 1.29 is 22.1 Å². The number of hydrogen-bond donors (Lipinski definition) is 3. The van der Waals surface area contributed by atoms with Crippen molar-refractivity contribution in [3.05, 3.63) is 0 Å². The Labute approximate surface area is 71.4 Å². The quantitative estimate of drug-likeness (QED) is 0.182. The fraction of sp³-hybridized carbons (Fsp3) is 0.750. The van der Waals surface area contributed by atoms with Crippen molar-refractivity contribution in [2.75, 3.05) is 13.7 Å². The molecule has 0 fully saturated rings. The molecule has 0 amide bonds. The minimum Gasteiger partial charge on any atom is -0.726 e. The number of nitrogens with two attached hydrogens (primary N) is 2. The van der Waals surface area contributed by atoms with E-state index in [4.69, 9.17) is 11.5 Å². The van der Waals surface area contributed by atoms with Crippen molar-refractivity contribution in [1.29, 1.82) is 0 Å². The van der Waals surface area contributed by atoms with Gasteiger partial charge in [-0.3, -0.25) is 20.6 Å². The van der Waals surface area contributed by atoms with Crippen LogP contribution in [0.3, 0.4) is 0 Å². The number of rotatable bonds is 2. The van der Waals surface area contributed by atoms with E-state index in [1.807, 2.05) is 6.92 Å². The van der Waals surface area contributed by atoms with Gasteiger partial charge in [-0.2, -0.15) is 0 Å². The SMILES string of the molecule is CC[NH+]=C(N)N.COS(=O)(=O)[O-]. The van der Waals surface area contributed by atoms with E-state index in [1.165, 1.54) is 0 Å². The Morgan fingerprint density at radius 3 is 1.92 bits per heavy atom. The molecule has 0 heterocycles. The Morgan fingerprint density at radius 2 is 1.92 bits per heavy atom. The Bertz CT molecular complexity index is 218. The van der Waals surface area contributed by atoms with Gasteiger partial charge in [0, 0.05) is 0 Å². The molecule has 0 aromatic rings. The molecule has 0 unspecified atom stereocenters. The zero-order valence-electron chi connectivity index (χ0n) is 6.90. The van der Waals surface area contributed by atoms with Crippen LogP contribution in [0.5, 0.6) is 0 Å². The van der Waals surface area contributed by atoms with Crippen LogP contribution in [0.15, 0.2) is 0 Å². The molecule has 8 heteroatoms. The molecule has 0 radical (unpaired) electrons. The maximum atomic E-state index is 9.22. The fourth-order valence-electron chi connectivity index (χ4n) is 0.204. The van der Waals surface area contributed by atoms with Crippen molar-refractivity contribution in [2.45, 2.75) is 6.92 Å². The van der Waals surface area contributed by atoms with Gasteiger partial charge >= 0.3 is 5.96 Å². The normalized spacial score (nSPS) is 9.58. The van der Waals surface area contributed by atoms with Crippen LogP contribution < -0.4 is 16.5 Å². The smallest absolute Gasteiger partial charge is 0.338 e. The highest BCUT2D eigenvalue weighted by Crippen LogP contribution is 1.74. The molecule has 0 aliphatic heterocycles. The van der Waals surface area contributed by atoms with Crippen LogP contribution in [-0.2, 0) is 14.6 Å². The first kappa shape index (κ1) is 13.7. The summed E-state index contributed by atoms with van der Waals surface area (Å²) in [5.41, 5.74) is 9.97. The summed E-state index contributed by atoms with van der Waals surface area (Å²) >= 11 is 0. The summed E-state index contributed by atoms with van der Waals surface area (Å²) in [6, 6.07) is 0. The van der Waals surface area contributed by atoms with E-state index in [9.17, 15) is 13.0 Å². The summed E-state index contributed by atoms with van der Waals surface area (Å²) in [5.74, 6) is 0.289. The molecule has 0 aromatic heterocycles. The zero-order valence-corrected chi connectivity index (χ0v) is 7.72. The highest BCUT2D eigenvalue weighted by atomic mass is 32.3. The first-order valence-electron chi connectivity index (χ1n) is 2.96. The Balaban J connectivity index is 0. The average molecular weight is 199 g/mol. The molecule has 0 aromatic carbocycles. The van der Waals surface area contributed by atoms with Crippen LogP contribution in [0.25, 0.3) is 0 Å². The van der Waals surface area contributed by atoms with E-state index in [1.54, 1.807) is 0 Å². The molecular formula is C4H13N3O4S. The third-order valence-corrected chi connectivity index (χ3v) is 0.993. The molecule has 5 N–H and O–H groups in total. The van der Waals surface area contributed by atoms with Gasteiger partial charge in [-0.05, 0) is 6.92 Å². The predicted molar refractivity (Wildman–Crippen MR) is 41.6 cm³/mol. The highest BCUT2D eigenvalue weighted by molar-refractivity contribution is 7.80. The highest BCUT2D eigenvalue weighted by Gasteiger charge is 1.79. The number of hydrogen-bond acceptors (Lipinski definition) is 4. The Hall–Kier alpha value is -0.860. The molecule has 0 spiro atoms. The monoisotopic (exact) mass is 199 g/mol. The third kappa shape index (κ3) is 22.9. The molecule has 7 nitrogen and oxygen atoms in total.